The third kappa shape index (κ3) is 6.89. The Morgan fingerprint density at radius 3 is 2.46 bits per heavy atom. The highest BCUT2D eigenvalue weighted by Gasteiger charge is 2.04. The van der Waals surface area contributed by atoms with Crippen LogP contribution in [0.25, 0.3) is 0 Å². The molecule has 0 aliphatic rings. The molecule has 0 aromatic heterocycles. The minimum Gasteiger partial charge on any atom is -0.487 e. The van der Waals surface area contributed by atoms with Gasteiger partial charge in [0, 0.05) is 13.1 Å². The normalized spacial score (nSPS) is 10.8. The average Bonchev–Trinajstić information content (AvgIpc) is 2.61. The van der Waals surface area contributed by atoms with Gasteiger partial charge in [-0.1, -0.05) is 48.0 Å². The number of benzene rings is 2. The molecule has 3 N–H and O–H groups in total. The van der Waals surface area contributed by atoms with Gasteiger partial charge in [-0.15, -0.1) is 0 Å². The predicted molar refractivity (Wildman–Crippen MR) is 98.5 cm³/mol. The first-order chi connectivity index (χ1) is 11.8. The van der Waals surface area contributed by atoms with Crippen molar-refractivity contribution in [2.24, 2.45) is 0 Å². The van der Waals surface area contributed by atoms with Crippen LogP contribution in [-0.4, -0.2) is 31.3 Å². The van der Waals surface area contributed by atoms with Gasteiger partial charge < -0.3 is 20.5 Å². The van der Waals surface area contributed by atoms with Gasteiger partial charge in [-0.25, -0.2) is 0 Å². The summed E-state index contributed by atoms with van der Waals surface area (Å²) in [4.78, 5) is 0. The van der Waals surface area contributed by atoms with Crippen LogP contribution >= 0.6 is 11.6 Å². The van der Waals surface area contributed by atoms with E-state index in [-0.39, 0.29) is 6.61 Å². The number of nitrogens with one attached hydrogen (secondary N) is 2. The molecule has 4 nitrogen and oxygen atoms in total. The summed E-state index contributed by atoms with van der Waals surface area (Å²) in [6, 6.07) is 15.9. The van der Waals surface area contributed by atoms with Gasteiger partial charge in [-0.2, -0.15) is 0 Å². The molecule has 0 saturated carbocycles. The lowest BCUT2D eigenvalue weighted by Crippen LogP contribution is -2.23. The van der Waals surface area contributed by atoms with E-state index in [0.29, 0.717) is 23.9 Å². The number of hydrogen-bond acceptors (Lipinski definition) is 4. The number of ether oxygens (including phenoxy) is 1. The Kier molecular flexibility index (Phi) is 8.63. The Labute approximate surface area is 148 Å². The molecule has 0 heterocycles. The van der Waals surface area contributed by atoms with Crippen LogP contribution in [0.5, 0.6) is 5.75 Å². The van der Waals surface area contributed by atoms with Gasteiger partial charge in [0.2, 0.25) is 0 Å². The van der Waals surface area contributed by atoms with Gasteiger partial charge in [0.15, 0.2) is 0 Å². The topological polar surface area (TPSA) is 53.5 Å². The van der Waals surface area contributed by atoms with E-state index in [1.807, 2.05) is 48.5 Å². The quantitative estimate of drug-likeness (QED) is 0.546. The van der Waals surface area contributed by atoms with Crippen LogP contribution in [0.2, 0.25) is 5.02 Å². The Hall–Kier alpha value is -1.59. The van der Waals surface area contributed by atoms with Crippen molar-refractivity contribution >= 4 is 11.6 Å². The summed E-state index contributed by atoms with van der Waals surface area (Å²) in [7, 11) is 0. The molecule has 0 aliphatic heterocycles. The van der Waals surface area contributed by atoms with Crippen molar-refractivity contribution < 1.29 is 9.84 Å². The number of hydrogen-bond donors (Lipinski definition) is 3. The minimum atomic E-state index is 0.185. The smallest absolute Gasteiger partial charge is 0.138 e. The lowest BCUT2D eigenvalue weighted by Gasteiger charge is -2.10. The van der Waals surface area contributed by atoms with Crippen molar-refractivity contribution in [3.63, 3.8) is 0 Å². The van der Waals surface area contributed by atoms with Crippen LogP contribution in [0.1, 0.15) is 17.5 Å². The van der Waals surface area contributed by atoms with Crippen LogP contribution in [-0.2, 0) is 13.2 Å². The second kappa shape index (κ2) is 11.0. The molecule has 5 heteroatoms. The Bertz CT molecular complexity index is 593. The van der Waals surface area contributed by atoms with Crippen LogP contribution in [0.3, 0.4) is 0 Å². The molecule has 0 radical (unpaired) electrons. The minimum absolute atomic E-state index is 0.185. The van der Waals surface area contributed by atoms with E-state index in [1.165, 1.54) is 0 Å². The van der Waals surface area contributed by atoms with Crippen LogP contribution in [0.4, 0.5) is 0 Å². The summed E-state index contributed by atoms with van der Waals surface area (Å²) in [5, 5.41) is 15.8. The summed E-state index contributed by atoms with van der Waals surface area (Å²) in [6.07, 6.45) is 1.02. The van der Waals surface area contributed by atoms with Gasteiger partial charge in [0.25, 0.3) is 0 Å². The van der Waals surface area contributed by atoms with Gasteiger partial charge in [-0.3, -0.25) is 0 Å². The fourth-order valence-electron chi connectivity index (χ4n) is 2.28. The van der Waals surface area contributed by atoms with E-state index in [1.54, 1.807) is 0 Å². The molecule has 0 unspecified atom stereocenters. The Morgan fingerprint density at radius 1 is 0.917 bits per heavy atom. The maximum Gasteiger partial charge on any atom is 0.138 e. The molecule has 0 saturated heterocycles. The van der Waals surface area contributed by atoms with Crippen molar-refractivity contribution in [3.8, 4) is 5.75 Å². The zero-order chi connectivity index (χ0) is 17.0. The molecule has 2 aromatic carbocycles. The summed E-state index contributed by atoms with van der Waals surface area (Å²) < 4.78 is 5.78. The van der Waals surface area contributed by atoms with Gasteiger partial charge in [0.1, 0.15) is 12.4 Å². The molecule has 0 atom stereocenters. The molecule has 0 fully saturated rings. The summed E-state index contributed by atoms with van der Waals surface area (Å²) in [5.41, 5.74) is 2.25. The first kappa shape index (κ1) is 18.7. The molecule has 0 bridgehead atoms. The number of rotatable bonds is 11. The first-order valence-electron chi connectivity index (χ1n) is 8.27. The maximum atomic E-state index is 8.67. The van der Waals surface area contributed by atoms with Crippen molar-refractivity contribution in [3.05, 3.63) is 64.7 Å². The van der Waals surface area contributed by atoms with Gasteiger partial charge in [0.05, 0.1) is 11.6 Å². The van der Waals surface area contributed by atoms with Crippen molar-refractivity contribution in [2.45, 2.75) is 19.6 Å². The number of aliphatic hydroxyl groups is 1. The highest BCUT2D eigenvalue weighted by atomic mass is 35.5. The predicted octanol–water partition coefficient (Wildman–Crippen LogP) is 2.98. The molecular formula is C19H25ClN2O2. The van der Waals surface area contributed by atoms with Gasteiger partial charge >= 0.3 is 0 Å². The fraction of sp³-hybridized carbons (Fsp3) is 0.368. The molecule has 0 amide bonds. The Balaban J connectivity index is 1.71. The van der Waals surface area contributed by atoms with E-state index in [2.05, 4.69) is 10.6 Å². The van der Waals surface area contributed by atoms with Crippen LogP contribution < -0.4 is 15.4 Å². The molecule has 2 aromatic rings. The van der Waals surface area contributed by atoms with E-state index in [4.69, 9.17) is 21.4 Å². The number of halogens is 1. The van der Waals surface area contributed by atoms with Crippen molar-refractivity contribution in [1.29, 1.82) is 0 Å². The van der Waals surface area contributed by atoms with Crippen LogP contribution in [0.15, 0.2) is 48.5 Å². The second-order valence-corrected chi connectivity index (χ2v) is 5.95. The summed E-state index contributed by atoms with van der Waals surface area (Å²) in [5.74, 6) is 0.706. The van der Waals surface area contributed by atoms with E-state index in [9.17, 15) is 0 Å². The van der Waals surface area contributed by atoms with Crippen molar-refractivity contribution in [1.82, 2.24) is 10.6 Å². The lowest BCUT2D eigenvalue weighted by molar-refractivity contribution is 0.292. The van der Waals surface area contributed by atoms with Crippen molar-refractivity contribution in [2.75, 3.05) is 26.2 Å². The fourth-order valence-corrected chi connectivity index (χ4v) is 2.54. The SMILES string of the molecule is OCCNCCCNCc1ccc(OCc2ccccc2)c(Cl)c1. The van der Waals surface area contributed by atoms with Crippen LogP contribution in [0, 0.1) is 0 Å². The molecule has 2 rings (SSSR count). The largest absolute Gasteiger partial charge is 0.487 e. The summed E-state index contributed by atoms with van der Waals surface area (Å²) >= 11 is 6.31. The van der Waals surface area contributed by atoms with Gasteiger partial charge in [-0.05, 0) is 42.8 Å². The molecule has 130 valence electrons. The highest BCUT2D eigenvalue weighted by Crippen LogP contribution is 2.26. The zero-order valence-corrected chi connectivity index (χ0v) is 14.6. The first-order valence-corrected chi connectivity index (χ1v) is 8.65. The highest BCUT2D eigenvalue weighted by molar-refractivity contribution is 6.32. The average molecular weight is 349 g/mol. The number of aliphatic hydroxyl groups excluding tert-OH is 1. The maximum absolute atomic E-state index is 8.67. The van der Waals surface area contributed by atoms with E-state index in [0.717, 1.165) is 37.2 Å². The Morgan fingerprint density at radius 2 is 1.71 bits per heavy atom. The molecule has 0 spiro atoms. The third-order valence-corrected chi connectivity index (χ3v) is 3.85. The monoisotopic (exact) mass is 348 g/mol. The van der Waals surface area contributed by atoms with E-state index >= 15 is 0 Å². The summed E-state index contributed by atoms with van der Waals surface area (Å²) in [6.45, 7) is 3.95. The lowest BCUT2D eigenvalue weighted by atomic mass is 10.2. The second-order valence-electron chi connectivity index (χ2n) is 5.54. The zero-order valence-electron chi connectivity index (χ0n) is 13.8. The molecular weight excluding hydrogens is 324 g/mol. The standard InChI is InChI=1S/C19H25ClN2O2/c20-18-13-17(14-22-10-4-9-21-11-12-23)7-8-19(18)24-15-16-5-2-1-3-6-16/h1-3,5-8,13,21-23H,4,9-12,14-15H2. The molecule has 24 heavy (non-hydrogen) atoms. The van der Waals surface area contributed by atoms with E-state index < -0.39 is 0 Å². The molecule has 0 aliphatic carbocycles. The third-order valence-electron chi connectivity index (χ3n) is 3.56.